The SMILES string of the molecule is CCN1C(=O)CCc2cc(N3CCN(c4cccnc4)C3=O)ccc21. The molecule has 1 fully saturated rings. The minimum atomic E-state index is -0.0350. The molecule has 0 unspecified atom stereocenters. The fourth-order valence-corrected chi connectivity index (χ4v) is 3.59. The molecule has 0 radical (unpaired) electrons. The molecule has 0 spiro atoms. The lowest BCUT2D eigenvalue weighted by molar-refractivity contribution is -0.118. The smallest absolute Gasteiger partial charge is 0.312 e. The second-order valence-corrected chi connectivity index (χ2v) is 6.25. The second-order valence-electron chi connectivity index (χ2n) is 6.25. The number of pyridine rings is 1. The summed E-state index contributed by atoms with van der Waals surface area (Å²) in [6.45, 7) is 3.93. The molecule has 0 atom stereocenters. The van der Waals surface area contributed by atoms with Gasteiger partial charge in [-0.25, -0.2) is 4.79 Å². The lowest BCUT2D eigenvalue weighted by Gasteiger charge is -2.29. The number of nitrogens with zero attached hydrogens (tertiary/aromatic N) is 4. The van der Waals surface area contributed by atoms with Gasteiger partial charge in [0.25, 0.3) is 0 Å². The van der Waals surface area contributed by atoms with Crippen LogP contribution >= 0.6 is 0 Å². The van der Waals surface area contributed by atoms with Crippen LogP contribution in [0.5, 0.6) is 0 Å². The molecule has 0 bridgehead atoms. The predicted octanol–water partition coefficient (Wildman–Crippen LogP) is 2.83. The number of carbonyl (C=O) groups excluding carboxylic acids is 2. The van der Waals surface area contributed by atoms with Gasteiger partial charge in [-0.15, -0.1) is 0 Å². The molecular formula is C19H20N4O2. The fraction of sp³-hybridized carbons (Fsp3) is 0.316. The van der Waals surface area contributed by atoms with E-state index in [1.807, 2.05) is 36.1 Å². The standard InChI is InChI=1S/C19H20N4O2/c1-2-21-17-7-6-15(12-14(17)5-8-18(21)24)22-10-11-23(19(22)25)16-4-3-9-20-13-16/h3-4,6-7,9,12-13H,2,5,8,10-11H2,1H3. The summed E-state index contributed by atoms with van der Waals surface area (Å²) in [7, 11) is 0. The molecule has 6 heteroatoms. The third kappa shape index (κ3) is 2.63. The van der Waals surface area contributed by atoms with Gasteiger partial charge in [0.05, 0.1) is 11.9 Å². The molecule has 4 rings (SSSR count). The second kappa shape index (κ2) is 6.20. The Balaban J connectivity index is 1.61. The summed E-state index contributed by atoms with van der Waals surface area (Å²) in [6.07, 6.45) is 4.66. The van der Waals surface area contributed by atoms with Gasteiger partial charge in [-0.05, 0) is 49.2 Å². The van der Waals surface area contributed by atoms with E-state index in [4.69, 9.17) is 0 Å². The van der Waals surface area contributed by atoms with Crippen molar-refractivity contribution < 1.29 is 9.59 Å². The van der Waals surface area contributed by atoms with Crippen LogP contribution in [-0.2, 0) is 11.2 Å². The molecule has 0 aliphatic carbocycles. The molecule has 1 aromatic carbocycles. The van der Waals surface area contributed by atoms with E-state index in [1.54, 1.807) is 22.2 Å². The van der Waals surface area contributed by atoms with Gasteiger partial charge in [0.15, 0.2) is 0 Å². The molecule has 1 aromatic heterocycles. The van der Waals surface area contributed by atoms with E-state index in [1.165, 1.54) is 0 Å². The van der Waals surface area contributed by atoms with Crippen molar-refractivity contribution in [3.63, 3.8) is 0 Å². The van der Waals surface area contributed by atoms with E-state index < -0.39 is 0 Å². The molecule has 128 valence electrons. The van der Waals surface area contributed by atoms with Gasteiger partial charge in [-0.3, -0.25) is 19.6 Å². The highest BCUT2D eigenvalue weighted by atomic mass is 16.2. The van der Waals surface area contributed by atoms with Gasteiger partial charge in [-0.2, -0.15) is 0 Å². The first-order valence-electron chi connectivity index (χ1n) is 8.61. The Kier molecular flexibility index (Phi) is 3.87. The van der Waals surface area contributed by atoms with Crippen LogP contribution in [0.25, 0.3) is 0 Å². The van der Waals surface area contributed by atoms with Gasteiger partial charge in [-0.1, -0.05) is 0 Å². The van der Waals surface area contributed by atoms with Crippen LogP contribution in [0.15, 0.2) is 42.7 Å². The number of hydrogen-bond donors (Lipinski definition) is 0. The van der Waals surface area contributed by atoms with Crippen molar-refractivity contribution in [2.75, 3.05) is 34.3 Å². The maximum absolute atomic E-state index is 12.8. The minimum absolute atomic E-state index is 0.0350. The lowest BCUT2D eigenvalue weighted by Crippen LogP contribution is -2.35. The molecule has 2 aliphatic heterocycles. The number of amides is 3. The molecule has 3 heterocycles. The highest BCUT2D eigenvalue weighted by Gasteiger charge is 2.32. The van der Waals surface area contributed by atoms with Crippen molar-refractivity contribution in [1.82, 2.24) is 4.98 Å². The van der Waals surface area contributed by atoms with Crippen molar-refractivity contribution in [2.45, 2.75) is 19.8 Å². The Bertz CT molecular complexity index is 821. The molecular weight excluding hydrogens is 316 g/mol. The average molecular weight is 336 g/mol. The van der Waals surface area contributed by atoms with Crippen LogP contribution in [-0.4, -0.2) is 36.6 Å². The van der Waals surface area contributed by atoms with Crippen LogP contribution in [0, 0.1) is 0 Å². The van der Waals surface area contributed by atoms with Gasteiger partial charge in [0.2, 0.25) is 5.91 Å². The van der Waals surface area contributed by atoms with Crippen molar-refractivity contribution in [1.29, 1.82) is 0 Å². The first-order valence-corrected chi connectivity index (χ1v) is 8.61. The quantitative estimate of drug-likeness (QED) is 0.866. The zero-order valence-corrected chi connectivity index (χ0v) is 14.2. The number of urea groups is 1. The highest BCUT2D eigenvalue weighted by molar-refractivity contribution is 6.06. The fourth-order valence-electron chi connectivity index (χ4n) is 3.59. The summed E-state index contributed by atoms with van der Waals surface area (Å²) >= 11 is 0. The zero-order valence-electron chi connectivity index (χ0n) is 14.2. The molecule has 25 heavy (non-hydrogen) atoms. The average Bonchev–Trinajstić information content (AvgIpc) is 3.03. The van der Waals surface area contributed by atoms with Crippen LogP contribution in [0.3, 0.4) is 0 Å². The summed E-state index contributed by atoms with van der Waals surface area (Å²) in [5.74, 6) is 0.169. The molecule has 0 N–H and O–H groups in total. The van der Waals surface area contributed by atoms with Gasteiger partial charge in [0, 0.05) is 43.6 Å². The Hall–Kier alpha value is -2.89. The third-order valence-corrected chi connectivity index (χ3v) is 4.86. The maximum atomic E-state index is 12.8. The molecule has 3 amide bonds. The van der Waals surface area contributed by atoms with Gasteiger partial charge in [0.1, 0.15) is 0 Å². The highest BCUT2D eigenvalue weighted by Crippen LogP contribution is 2.33. The summed E-state index contributed by atoms with van der Waals surface area (Å²) in [6, 6.07) is 9.64. The maximum Gasteiger partial charge on any atom is 0.329 e. The third-order valence-electron chi connectivity index (χ3n) is 4.86. The first kappa shape index (κ1) is 15.6. The topological polar surface area (TPSA) is 56.8 Å². The number of aryl methyl sites for hydroxylation is 1. The molecule has 6 nitrogen and oxygen atoms in total. The number of anilines is 3. The van der Waals surface area contributed by atoms with Gasteiger partial charge < -0.3 is 4.90 Å². The predicted molar refractivity (Wildman–Crippen MR) is 97.1 cm³/mol. The monoisotopic (exact) mass is 336 g/mol. The number of hydrogen-bond acceptors (Lipinski definition) is 3. The number of aromatic nitrogens is 1. The molecule has 1 saturated heterocycles. The summed E-state index contributed by atoms with van der Waals surface area (Å²) < 4.78 is 0. The zero-order chi connectivity index (χ0) is 17.4. The Morgan fingerprint density at radius 3 is 2.56 bits per heavy atom. The Morgan fingerprint density at radius 2 is 1.84 bits per heavy atom. The minimum Gasteiger partial charge on any atom is -0.312 e. The first-order chi connectivity index (χ1) is 12.2. The van der Waals surface area contributed by atoms with Crippen LogP contribution < -0.4 is 14.7 Å². The van der Waals surface area contributed by atoms with E-state index >= 15 is 0 Å². The molecule has 2 aromatic rings. The summed E-state index contributed by atoms with van der Waals surface area (Å²) in [5.41, 5.74) is 3.81. The number of fused-ring (bicyclic) bond motifs is 1. The van der Waals surface area contributed by atoms with E-state index in [0.29, 0.717) is 26.1 Å². The van der Waals surface area contributed by atoms with Crippen LogP contribution in [0.4, 0.5) is 21.9 Å². The number of carbonyl (C=O) groups is 2. The Morgan fingerprint density at radius 1 is 1.04 bits per heavy atom. The molecule has 2 aliphatic rings. The van der Waals surface area contributed by atoms with Crippen LogP contribution in [0.2, 0.25) is 0 Å². The van der Waals surface area contributed by atoms with E-state index in [9.17, 15) is 9.59 Å². The number of benzene rings is 1. The lowest BCUT2D eigenvalue weighted by atomic mass is 10.00. The van der Waals surface area contributed by atoms with Crippen molar-refractivity contribution in [2.24, 2.45) is 0 Å². The van der Waals surface area contributed by atoms with Crippen molar-refractivity contribution in [3.8, 4) is 0 Å². The van der Waals surface area contributed by atoms with Gasteiger partial charge >= 0.3 is 6.03 Å². The van der Waals surface area contributed by atoms with Crippen molar-refractivity contribution >= 4 is 29.0 Å². The molecule has 0 saturated carbocycles. The summed E-state index contributed by atoms with van der Waals surface area (Å²) in [5, 5.41) is 0. The largest absolute Gasteiger partial charge is 0.329 e. The van der Waals surface area contributed by atoms with E-state index in [2.05, 4.69) is 11.1 Å². The normalized spacial score (nSPS) is 17.2. The van der Waals surface area contributed by atoms with E-state index in [0.717, 1.165) is 29.0 Å². The number of rotatable bonds is 3. The van der Waals surface area contributed by atoms with E-state index in [-0.39, 0.29) is 11.9 Å². The Labute approximate surface area is 146 Å². The van der Waals surface area contributed by atoms with Crippen molar-refractivity contribution in [3.05, 3.63) is 48.3 Å². The van der Waals surface area contributed by atoms with Crippen LogP contribution in [0.1, 0.15) is 18.9 Å². The summed E-state index contributed by atoms with van der Waals surface area (Å²) in [4.78, 5) is 34.3.